The summed E-state index contributed by atoms with van der Waals surface area (Å²) in [5.41, 5.74) is 1.53. The molecule has 1 aromatic carbocycles. The van der Waals surface area contributed by atoms with Crippen LogP contribution in [0, 0.1) is 12.7 Å². The zero-order valence-electron chi connectivity index (χ0n) is 12.2. The predicted octanol–water partition coefficient (Wildman–Crippen LogP) is 3.88. The van der Waals surface area contributed by atoms with E-state index in [4.69, 9.17) is 0 Å². The van der Waals surface area contributed by atoms with Crippen molar-refractivity contribution in [2.45, 2.75) is 33.2 Å². The lowest BCUT2D eigenvalue weighted by atomic mass is 10.1. The molecule has 20 heavy (non-hydrogen) atoms. The first-order valence-corrected chi connectivity index (χ1v) is 6.48. The van der Waals surface area contributed by atoms with Crippen LogP contribution >= 0.6 is 0 Å². The molecule has 0 radical (unpaired) electrons. The summed E-state index contributed by atoms with van der Waals surface area (Å²) in [6.07, 6.45) is 0. The highest BCUT2D eigenvalue weighted by atomic mass is 19.1. The van der Waals surface area contributed by atoms with E-state index in [9.17, 15) is 4.39 Å². The van der Waals surface area contributed by atoms with E-state index in [2.05, 4.69) is 20.6 Å². The molecule has 0 spiro atoms. The van der Waals surface area contributed by atoms with Gasteiger partial charge in [-0.1, -0.05) is 0 Å². The van der Waals surface area contributed by atoms with Crippen molar-refractivity contribution < 1.29 is 4.39 Å². The maximum absolute atomic E-state index is 12.9. The summed E-state index contributed by atoms with van der Waals surface area (Å²) in [5, 5.41) is 6.38. The molecule has 2 aromatic rings. The van der Waals surface area contributed by atoms with Crippen molar-refractivity contribution in [3.8, 4) is 0 Å². The molecule has 1 aromatic heterocycles. The van der Waals surface area contributed by atoms with E-state index in [1.807, 2.05) is 33.8 Å². The lowest BCUT2D eigenvalue weighted by molar-refractivity contribution is 0.625. The fourth-order valence-electron chi connectivity index (χ4n) is 1.71. The topological polar surface area (TPSA) is 49.8 Å². The molecular formula is C15H19FN4. The molecule has 2 N–H and O–H groups in total. The van der Waals surface area contributed by atoms with E-state index in [0.29, 0.717) is 11.8 Å². The van der Waals surface area contributed by atoms with Crippen molar-refractivity contribution in [2.24, 2.45) is 0 Å². The SMILES string of the molecule is Cc1cc(Nc2ccc(F)cc2)nc(NC(C)(C)C)n1. The summed E-state index contributed by atoms with van der Waals surface area (Å²) in [7, 11) is 0. The Morgan fingerprint density at radius 3 is 2.30 bits per heavy atom. The van der Waals surface area contributed by atoms with Gasteiger partial charge in [0.1, 0.15) is 11.6 Å². The van der Waals surface area contributed by atoms with Crippen molar-refractivity contribution in [2.75, 3.05) is 10.6 Å². The number of halogens is 1. The van der Waals surface area contributed by atoms with Gasteiger partial charge in [-0.25, -0.2) is 9.37 Å². The number of hydrogen-bond donors (Lipinski definition) is 2. The van der Waals surface area contributed by atoms with Gasteiger partial charge in [0, 0.05) is 23.0 Å². The van der Waals surface area contributed by atoms with Gasteiger partial charge in [-0.3, -0.25) is 0 Å². The van der Waals surface area contributed by atoms with Gasteiger partial charge in [-0.2, -0.15) is 4.98 Å². The molecule has 0 aliphatic carbocycles. The molecular weight excluding hydrogens is 255 g/mol. The second-order valence-corrected chi connectivity index (χ2v) is 5.73. The van der Waals surface area contributed by atoms with Crippen molar-refractivity contribution in [1.29, 1.82) is 0 Å². The Balaban J connectivity index is 2.21. The van der Waals surface area contributed by atoms with Gasteiger partial charge in [0.2, 0.25) is 5.95 Å². The van der Waals surface area contributed by atoms with Crippen LogP contribution < -0.4 is 10.6 Å². The van der Waals surface area contributed by atoms with E-state index in [1.165, 1.54) is 12.1 Å². The zero-order chi connectivity index (χ0) is 14.8. The number of nitrogens with zero attached hydrogens (tertiary/aromatic N) is 2. The fourth-order valence-corrected chi connectivity index (χ4v) is 1.71. The van der Waals surface area contributed by atoms with Crippen LogP contribution in [0.2, 0.25) is 0 Å². The second kappa shape index (κ2) is 5.45. The first-order chi connectivity index (χ1) is 9.32. The molecule has 0 atom stereocenters. The predicted molar refractivity (Wildman–Crippen MR) is 79.8 cm³/mol. The summed E-state index contributed by atoms with van der Waals surface area (Å²) in [6, 6.07) is 8.00. The average Bonchev–Trinajstić information content (AvgIpc) is 2.29. The summed E-state index contributed by atoms with van der Waals surface area (Å²) >= 11 is 0. The molecule has 0 amide bonds. The number of benzene rings is 1. The van der Waals surface area contributed by atoms with Crippen molar-refractivity contribution in [3.63, 3.8) is 0 Å². The number of rotatable bonds is 3. The lowest BCUT2D eigenvalue weighted by Crippen LogP contribution is -2.27. The standard InChI is InChI=1S/C15H19FN4/c1-10-9-13(18-12-7-5-11(16)6-8-12)19-14(17-10)20-15(2,3)4/h5-9H,1-4H3,(H2,17,18,19,20). The fraction of sp³-hybridized carbons (Fsp3) is 0.333. The minimum atomic E-state index is -0.260. The van der Waals surface area contributed by atoms with Crippen LogP contribution in [0.15, 0.2) is 30.3 Å². The van der Waals surface area contributed by atoms with Gasteiger partial charge in [0.05, 0.1) is 0 Å². The molecule has 4 nitrogen and oxygen atoms in total. The maximum Gasteiger partial charge on any atom is 0.225 e. The number of anilines is 3. The van der Waals surface area contributed by atoms with Gasteiger partial charge < -0.3 is 10.6 Å². The Morgan fingerprint density at radius 1 is 1.05 bits per heavy atom. The molecule has 106 valence electrons. The third-order valence-electron chi connectivity index (χ3n) is 2.46. The lowest BCUT2D eigenvalue weighted by Gasteiger charge is -2.21. The van der Waals surface area contributed by atoms with Crippen LogP contribution in [0.5, 0.6) is 0 Å². The van der Waals surface area contributed by atoms with Crippen LogP contribution in [0.3, 0.4) is 0 Å². The first-order valence-electron chi connectivity index (χ1n) is 6.48. The van der Waals surface area contributed by atoms with Crippen LogP contribution in [0.25, 0.3) is 0 Å². The molecule has 0 saturated carbocycles. The highest BCUT2D eigenvalue weighted by Crippen LogP contribution is 2.18. The van der Waals surface area contributed by atoms with Crippen molar-refractivity contribution in [3.05, 3.63) is 41.8 Å². The number of aromatic nitrogens is 2. The molecule has 0 saturated heterocycles. The Hall–Kier alpha value is -2.17. The summed E-state index contributed by atoms with van der Waals surface area (Å²) in [6.45, 7) is 8.05. The van der Waals surface area contributed by atoms with Gasteiger partial charge in [-0.15, -0.1) is 0 Å². The van der Waals surface area contributed by atoms with Crippen molar-refractivity contribution in [1.82, 2.24) is 9.97 Å². The molecule has 0 unspecified atom stereocenters. The normalized spacial score (nSPS) is 11.2. The molecule has 0 bridgehead atoms. The third-order valence-corrected chi connectivity index (χ3v) is 2.46. The Morgan fingerprint density at radius 2 is 1.70 bits per heavy atom. The average molecular weight is 274 g/mol. The van der Waals surface area contributed by atoms with Gasteiger partial charge in [-0.05, 0) is 52.0 Å². The smallest absolute Gasteiger partial charge is 0.225 e. The first kappa shape index (κ1) is 14.2. The zero-order valence-corrected chi connectivity index (χ0v) is 12.2. The Bertz CT molecular complexity index is 588. The van der Waals surface area contributed by atoms with Gasteiger partial charge in [0.25, 0.3) is 0 Å². The summed E-state index contributed by atoms with van der Waals surface area (Å²) in [4.78, 5) is 8.76. The van der Waals surface area contributed by atoms with Crippen LogP contribution in [0.1, 0.15) is 26.5 Å². The van der Waals surface area contributed by atoms with E-state index < -0.39 is 0 Å². The van der Waals surface area contributed by atoms with E-state index in [-0.39, 0.29) is 11.4 Å². The molecule has 0 aliphatic rings. The number of aryl methyl sites for hydroxylation is 1. The molecule has 0 fully saturated rings. The summed E-state index contributed by atoms with van der Waals surface area (Å²) < 4.78 is 12.9. The van der Waals surface area contributed by atoms with E-state index in [0.717, 1.165) is 11.4 Å². The van der Waals surface area contributed by atoms with Crippen LogP contribution in [0.4, 0.5) is 21.8 Å². The highest BCUT2D eigenvalue weighted by molar-refractivity contribution is 5.57. The summed E-state index contributed by atoms with van der Waals surface area (Å²) in [5.74, 6) is 0.988. The highest BCUT2D eigenvalue weighted by Gasteiger charge is 2.12. The Labute approximate surface area is 118 Å². The van der Waals surface area contributed by atoms with E-state index >= 15 is 0 Å². The second-order valence-electron chi connectivity index (χ2n) is 5.73. The third kappa shape index (κ3) is 4.19. The van der Waals surface area contributed by atoms with Crippen LogP contribution in [-0.2, 0) is 0 Å². The largest absolute Gasteiger partial charge is 0.350 e. The van der Waals surface area contributed by atoms with Crippen molar-refractivity contribution >= 4 is 17.5 Å². The monoisotopic (exact) mass is 274 g/mol. The quantitative estimate of drug-likeness (QED) is 0.891. The molecule has 2 rings (SSSR count). The number of nitrogens with one attached hydrogen (secondary N) is 2. The van der Waals surface area contributed by atoms with E-state index in [1.54, 1.807) is 12.1 Å². The Kier molecular flexibility index (Phi) is 3.88. The molecule has 0 aliphatic heterocycles. The maximum atomic E-state index is 12.9. The minimum absolute atomic E-state index is 0.110. The van der Waals surface area contributed by atoms with Crippen LogP contribution in [-0.4, -0.2) is 15.5 Å². The minimum Gasteiger partial charge on any atom is -0.350 e. The van der Waals surface area contributed by atoms with Gasteiger partial charge in [0.15, 0.2) is 0 Å². The number of hydrogen-bond acceptors (Lipinski definition) is 4. The molecule has 1 heterocycles. The molecule has 5 heteroatoms. The van der Waals surface area contributed by atoms with Gasteiger partial charge >= 0.3 is 0 Å².